The zero-order chi connectivity index (χ0) is 24.2. The number of piperidine rings is 1. The van der Waals surface area contributed by atoms with Gasteiger partial charge in [0.2, 0.25) is 0 Å². The van der Waals surface area contributed by atoms with Gasteiger partial charge in [0, 0.05) is 37.9 Å². The Kier molecular flexibility index (Phi) is 10.2. The second kappa shape index (κ2) is 13.6. The third-order valence-electron chi connectivity index (χ3n) is 5.72. The standard InChI is InChI=1S/C23H34N4O7/c1-2-31-23(30)33-16-15-32-21(28)17-34-20-5-3-18(4-6-20)25-22(29)27-13-11-26(12-14-27)19-7-9-24-10-8-19/h3-6,19,24H,2,7-17H2,1H3,(H,25,29). The van der Waals surface area contributed by atoms with Crippen molar-refractivity contribution in [3.05, 3.63) is 24.3 Å². The Morgan fingerprint density at radius 3 is 2.32 bits per heavy atom. The number of hydrogen-bond acceptors (Lipinski definition) is 9. The van der Waals surface area contributed by atoms with E-state index in [0.29, 0.717) is 30.6 Å². The quantitative estimate of drug-likeness (QED) is 0.404. The number of amides is 2. The van der Waals surface area contributed by atoms with Gasteiger partial charge >= 0.3 is 18.2 Å². The molecule has 0 spiro atoms. The van der Waals surface area contributed by atoms with Gasteiger partial charge in [-0.05, 0) is 57.1 Å². The van der Waals surface area contributed by atoms with Crippen LogP contribution in [0.5, 0.6) is 5.75 Å². The molecule has 1 aromatic carbocycles. The number of carbonyl (C=O) groups excluding carboxylic acids is 3. The van der Waals surface area contributed by atoms with Crippen molar-refractivity contribution in [1.82, 2.24) is 15.1 Å². The van der Waals surface area contributed by atoms with Crippen LogP contribution in [0.4, 0.5) is 15.3 Å². The van der Waals surface area contributed by atoms with Crippen LogP contribution in [0.25, 0.3) is 0 Å². The topological polar surface area (TPSA) is 119 Å². The first-order valence-electron chi connectivity index (χ1n) is 11.7. The van der Waals surface area contributed by atoms with E-state index >= 15 is 0 Å². The van der Waals surface area contributed by atoms with Crippen LogP contribution in [0.2, 0.25) is 0 Å². The predicted octanol–water partition coefficient (Wildman–Crippen LogP) is 1.68. The molecule has 0 bridgehead atoms. The highest BCUT2D eigenvalue weighted by molar-refractivity contribution is 5.89. The van der Waals surface area contributed by atoms with Crippen molar-refractivity contribution in [2.75, 3.05) is 71.0 Å². The highest BCUT2D eigenvalue weighted by Crippen LogP contribution is 2.18. The minimum atomic E-state index is -0.804. The van der Waals surface area contributed by atoms with Gasteiger partial charge in [0.05, 0.1) is 6.61 Å². The Morgan fingerprint density at radius 2 is 1.65 bits per heavy atom. The van der Waals surface area contributed by atoms with Crippen molar-refractivity contribution < 1.29 is 33.3 Å². The smallest absolute Gasteiger partial charge is 0.482 e. The van der Waals surface area contributed by atoms with Gasteiger partial charge in [-0.2, -0.15) is 0 Å². The van der Waals surface area contributed by atoms with Gasteiger partial charge in [0.25, 0.3) is 0 Å². The van der Waals surface area contributed by atoms with E-state index in [9.17, 15) is 14.4 Å². The van der Waals surface area contributed by atoms with Gasteiger partial charge in [0.15, 0.2) is 6.61 Å². The molecular weight excluding hydrogens is 444 g/mol. The lowest BCUT2D eigenvalue weighted by molar-refractivity contribution is -0.147. The molecule has 11 nitrogen and oxygen atoms in total. The number of piperazine rings is 1. The lowest BCUT2D eigenvalue weighted by Gasteiger charge is -2.40. The highest BCUT2D eigenvalue weighted by Gasteiger charge is 2.27. The summed E-state index contributed by atoms with van der Waals surface area (Å²) in [5.74, 6) is -0.123. The molecule has 188 valence electrons. The first-order chi connectivity index (χ1) is 16.5. The van der Waals surface area contributed by atoms with E-state index in [1.807, 2.05) is 4.90 Å². The van der Waals surface area contributed by atoms with Gasteiger partial charge in [-0.1, -0.05) is 0 Å². The number of urea groups is 1. The molecule has 11 heteroatoms. The van der Waals surface area contributed by atoms with E-state index in [1.165, 1.54) is 12.8 Å². The molecule has 0 radical (unpaired) electrons. The SMILES string of the molecule is CCOC(=O)OCCOC(=O)COc1ccc(NC(=O)N2CCN(C3CCNCC3)CC2)cc1. The molecule has 2 heterocycles. The molecule has 0 atom stereocenters. The number of carbonyl (C=O) groups is 3. The van der Waals surface area contributed by atoms with Crippen LogP contribution in [-0.2, 0) is 19.0 Å². The molecule has 2 fully saturated rings. The maximum atomic E-state index is 12.6. The van der Waals surface area contributed by atoms with Crippen LogP contribution >= 0.6 is 0 Å². The van der Waals surface area contributed by atoms with Crippen LogP contribution in [0.15, 0.2) is 24.3 Å². The fraction of sp³-hybridized carbons (Fsp3) is 0.609. The van der Waals surface area contributed by atoms with E-state index in [4.69, 9.17) is 14.2 Å². The third kappa shape index (κ3) is 8.38. The van der Waals surface area contributed by atoms with Crippen LogP contribution in [0.3, 0.4) is 0 Å². The van der Waals surface area contributed by atoms with E-state index in [2.05, 4.69) is 20.3 Å². The molecule has 0 unspecified atom stereocenters. The predicted molar refractivity (Wildman–Crippen MR) is 124 cm³/mol. The van der Waals surface area contributed by atoms with Crippen molar-refractivity contribution in [2.45, 2.75) is 25.8 Å². The summed E-state index contributed by atoms with van der Waals surface area (Å²) in [5.41, 5.74) is 0.650. The molecule has 2 saturated heterocycles. The molecule has 2 aliphatic rings. The molecule has 0 aliphatic carbocycles. The monoisotopic (exact) mass is 478 g/mol. The summed E-state index contributed by atoms with van der Waals surface area (Å²) < 4.78 is 19.6. The molecule has 3 rings (SSSR count). The van der Waals surface area contributed by atoms with Gasteiger partial charge in [0.1, 0.15) is 19.0 Å². The second-order valence-electron chi connectivity index (χ2n) is 8.00. The van der Waals surface area contributed by atoms with Crippen LogP contribution in [0.1, 0.15) is 19.8 Å². The molecule has 0 saturated carbocycles. The van der Waals surface area contributed by atoms with E-state index < -0.39 is 12.1 Å². The third-order valence-corrected chi connectivity index (χ3v) is 5.72. The number of hydrogen-bond donors (Lipinski definition) is 2. The van der Waals surface area contributed by atoms with E-state index in [1.54, 1.807) is 31.2 Å². The summed E-state index contributed by atoms with van der Waals surface area (Å²) >= 11 is 0. The molecule has 2 amide bonds. The van der Waals surface area contributed by atoms with Crippen LogP contribution in [-0.4, -0.2) is 99.7 Å². The fourth-order valence-corrected chi connectivity index (χ4v) is 3.92. The maximum Gasteiger partial charge on any atom is 0.508 e. The zero-order valence-corrected chi connectivity index (χ0v) is 19.6. The van der Waals surface area contributed by atoms with Crippen LogP contribution in [0, 0.1) is 0 Å². The Bertz CT molecular complexity index is 791. The number of nitrogens with zero attached hydrogens (tertiary/aromatic N) is 2. The summed E-state index contributed by atoms with van der Waals surface area (Å²) in [6, 6.07) is 7.28. The second-order valence-corrected chi connectivity index (χ2v) is 8.00. The van der Waals surface area contributed by atoms with Crippen molar-refractivity contribution in [3.8, 4) is 5.75 Å². The summed E-state index contributed by atoms with van der Waals surface area (Å²) in [7, 11) is 0. The molecular formula is C23H34N4O7. The highest BCUT2D eigenvalue weighted by atomic mass is 16.7. The van der Waals surface area contributed by atoms with E-state index in [0.717, 1.165) is 26.2 Å². The number of nitrogens with one attached hydrogen (secondary N) is 2. The van der Waals surface area contributed by atoms with Gasteiger partial charge in [-0.25, -0.2) is 14.4 Å². The summed E-state index contributed by atoms with van der Waals surface area (Å²) in [4.78, 5) is 39.7. The lowest BCUT2D eigenvalue weighted by atomic mass is 10.0. The summed E-state index contributed by atoms with van der Waals surface area (Å²) in [6.45, 7) is 6.77. The zero-order valence-electron chi connectivity index (χ0n) is 19.6. The first kappa shape index (κ1) is 25.6. The number of rotatable bonds is 9. The Balaban J connectivity index is 1.31. The molecule has 2 aliphatic heterocycles. The summed E-state index contributed by atoms with van der Waals surface area (Å²) in [5, 5.41) is 6.30. The van der Waals surface area contributed by atoms with Gasteiger partial charge in [-0.3, -0.25) is 4.90 Å². The van der Waals surface area contributed by atoms with Gasteiger partial charge < -0.3 is 34.5 Å². The van der Waals surface area contributed by atoms with Crippen LogP contribution < -0.4 is 15.4 Å². The van der Waals surface area contributed by atoms with Crippen molar-refractivity contribution in [1.29, 1.82) is 0 Å². The molecule has 2 N–H and O–H groups in total. The van der Waals surface area contributed by atoms with E-state index in [-0.39, 0.29) is 32.5 Å². The number of anilines is 1. The molecule has 1 aromatic rings. The van der Waals surface area contributed by atoms with Crippen molar-refractivity contribution >= 4 is 23.8 Å². The Hall–Kier alpha value is -3.05. The number of benzene rings is 1. The minimum absolute atomic E-state index is 0.0852. The van der Waals surface area contributed by atoms with Crippen molar-refractivity contribution in [3.63, 3.8) is 0 Å². The molecule has 34 heavy (non-hydrogen) atoms. The first-order valence-corrected chi connectivity index (χ1v) is 11.7. The number of esters is 1. The minimum Gasteiger partial charge on any atom is -0.482 e. The maximum absolute atomic E-state index is 12.6. The normalized spacial score (nSPS) is 17.0. The number of ether oxygens (including phenoxy) is 4. The fourth-order valence-electron chi connectivity index (χ4n) is 3.92. The Labute approximate surface area is 199 Å². The average molecular weight is 479 g/mol. The average Bonchev–Trinajstić information content (AvgIpc) is 2.87. The lowest BCUT2D eigenvalue weighted by Crippen LogP contribution is -2.54. The van der Waals surface area contributed by atoms with Crippen molar-refractivity contribution in [2.24, 2.45) is 0 Å². The Morgan fingerprint density at radius 1 is 0.971 bits per heavy atom. The molecule has 0 aromatic heterocycles. The largest absolute Gasteiger partial charge is 0.508 e. The summed E-state index contributed by atoms with van der Waals surface area (Å²) in [6.07, 6.45) is 1.53. The van der Waals surface area contributed by atoms with Gasteiger partial charge in [-0.15, -0.1) is 0 Å².